The highest BCUT2D eigenvalue weighted by Gasteiger charge is 2.34. The second kappa shape index (κ2) is 8.78. The van der Waals surface area contributed by atoms with Crippen molar-refractivity contribution in [2.75, 3.05) is 26.2 Å². The van der Waals surface area contributed by atoms with Gasteiger partial charge in [-0.05, 0) is 50.0 Å². The third kappa shape index (κ3) is 4.51. The molecule has 1 fully saturated rings. The fraction of sp³-hybridized carbons (Fsp3) is 0.417. The van der Waals surface area contributed by atoms with Crippen molar-refractivity contribution in [1.29, 1.82) is 0 Å². The average Bonchev–Trinajstić information content (AvgIpc) is 3.35. The van der Waals surface area contributed by atoms with Gasteiger partial charge < -0.3 is 15.1 Å². The van der Waals surface area contributed by atoms with E-state index in [0.29, 0.717) is 13.1 Å². The van der Waals surface area contributed by atoms with E-state index in [1.54, 1.807) is 0 Å². The largest absolute Gasteiger partial charge is 0.355 e. The summed E-state index contributed by atoms with van der Waals surface area (Å²) in [5.74, 6) is 0.00886. The second-order valence-corrected chi connectivity index (χ2v) is 8.12. The Bertz CT molecular complexity index is 872. The molecule has 2 aliphatic heterocycles. The molecule has 2 aromatic rings. The van der Waals surface area contributed by atoms with E-state index < -0.39 is 0 Å². The van der Waals surface area contributed by atoms with Crippen molar-refractivity contribution in [3.05, 3.63) is 70.8 Å². The Balaban J connectivity index is 1.46. The highest BCUT2D eigenvalue weighted by molar-refractivity contribution is 5.98. The summed E-state index contributed by atoms with van der Waals surface area (Å²) in [5, 5.41) is 3.06. The highest BCUT2D eigenvalue weighted by Crippen LogP contribution is 2.33. The number of hydrogen-bond donors (Lipinski definition) is 1. The first-order valence-electron chi connectivity index (χ1n) is 10.6. The van der Waals surface area contributed by atoms with Gasteiger partial charge in [0.05, 0.1) is 12.5 Å². The summed E-state index contributed by atoms with van der Waals surface area (Å²) in [4.78, 5) is 30.0. The van der Waals surface area contributed by atoms with Crippen LogP contribution in [0.3, 0.4) is 0 Å². The number of benzene rings is 2. The average molecular weight is 392 g/mol. The van der Waals surface area contributed by atoms with Crippen molar-refractivity contribution in [2.45, 2.75) is 38.8 Å². The van der Waals surface area contributed by atoms with Gasteiger partial charge in [-0.25, -0.2) is 0 Å². The Hall–Kier alpha value is -2.66. The number of hydrogen-bond acceptors (Lipinski definition) is 3. The first-order valence-corrected chi connectivity index (χ1v) is 10.6. The molecule has 1 atom stereocenters. The van der Waals surface area contributed by atoms with Gasteiger partial charge in [0.15, 0.2) is 0 Å². The lowest BCUT2D eigenvalue weighted by Gasteiger charge is -2.28. The number of carbonyl (C=O) groups excluding carboxylic acids is 2. The number of fused-ring (bicyclic) bond motifs is 1. The van der Waals surface area contributed by atoms with Gasteiger partial charge in [0.2, 0.25) is 5.91 Å². The minimum atomic E-state index is -0.262. The van der Waals surface area contributed by atoms with Gasteiger partial charge in [0, 0.05) is 25.2 Å². The number of amides is 2. The zero-order chi connectivity index (χ0) is 20.2. The number of carbonyl (C=O) groups is 2. The van der Waals surface area contributed by atoms with Gasteiger partial charge in [-0.15, -0.1) is 0 Å². The van der Waals surface area contributed by atoms with Crippen LogP contribution in [0.15, 0.2) is 48.5 Å². The number of nitrogens with zero attached hydrogens (tertiary/aromatic N) is 2. The number of nitrogens with one attached hydrogen (secondary N) is 1. The van der Waals surface area contributed by atoms with Crippen molar-refractivity contribution in [3.8, 4) is 0 Å². The molecule has 0 aromatic heterocycles. The Morgan fingerprint density at radius 1 is 1.07 bits per heavy atom. The third-order valence-electron chi connectivity index (χ3n) is 6.02. The predicted molar refractivity (Wildman–Crippen MR) is 114 cm³/mol. The molecule has 152 valence electrons. The molecule has 5 heteroatoms. The predicted octanol–water partition coefficient (Wildman–Crippen LogP) is 3.29. The Kier molecular flexibility index (Phi) is 5.95. The van der Waals surface area contributed by atoms with E-state index in [9.17, 15) is 9.59 Å². The molecule has 2 amide bonds. The summed E-state index contributed by atoms with van der Waals surface area (Å²) in [7, 11) is 0. The smallest absolute Gasteiger partial charge is 0.255 e. The molecule has 1 saturated heterocycles. The summed E-state index contributed by atoms with van der Waals surface area (Å²) in [6.45, 7) is 6.41. The van der Waals surface area contributed by atoms with Crippen molar-refractivity contribution >= 4 is 11.8 Å². The first kappa shape index (κ1) is 19.6. The van der Waals surface area contributed by atoms with E-state index in [1.165, 1.54) is 18.4 Å². The summed E-state index contributed by atoms with van der Waals surface area (Å²) in [5.41, 5.74) is 3.95. The van der Waals surface area contributed by atoms with Gasteiger partial charge in [0.1, 0.15) is 0 Å². The molecule has 4 rings (SSSR count). The molecule has 1 N–H and O–H groups in total. The Morgan fingerprint density at radius 3 is 2.52 bits per heavy atom. The fourth-order valence-electron chi connectivity index (χ4n) is 4.33. The molecule has 5 nitrogen and oxygen atoms in total. The minimum Gasteiger partial charge on any atom is -0.355 e. The van der Waals surface area contributed by atoms with Gasteiger partial charge in [0.25, 0.3) is 5.91 Å². The zero-order valence-corrected chi connectivity index (χ0v) is 17.1. The SMILES string of the molecule is Cc1ccc(C(CC(=O)NCCN2CCCC2)N2Cc3ccccc3C2=O)cc1. The van der Waals surface area contributed by atoms with Crippen LogP contribution in [0.25, 0.3) is 0 Å². The van der Waals surface area contributed by atoms with E-state index in [-0.39, 0.29) is 24.3 Å². The van der Waals surface area contributed by atoms with Crippen LogP contribution in [0, 0.1) is 6.92 Å². The maximum atomic E-state index is 13.0. The van der Waals surface area contributed by atoms with E-state index in [1.807, 2.05) is 60.4 Å². The minimum absolute atomic E-state index is 0.00136. The normalized spacial score (nSPS) is 17.4. The van der Waals surface area contributed by atoms with Crippen LogP contribution in [0.5, 0.6) is 0 Å². The van der Waals surface area contributed by atoms with Gasteiger partial charge in [-0.2, -0.15) is 0 Å². The first-order chi connectivity index (χ1) is 14.1. The molecule has 2 heterocycles. The molecule has 0 saturated carbocycles. The van der Waals surface area contributed by atoms with Crippen LogP contribution in [-0.4, -0.2) is 47.8 Å². The second-order valence-electron chi connectivity index (χ2n) is 8.12. The molecule has 2 aliphatic rings. The van der Waals surface area contributed by atoms with Gasteiger partial charge in [-0.3, -0.25) is 9.59 Å². The molecule has 2 aromatic carbocycles. The lowest BCUT2D eigenvalue weighted by atomic mass is 10.0. The number of aryl methyl sites for hydroxylation is 1. The number of likely N-dealkylation sites (tertiary alicyclic amines) is 1. The zero-order valence-electron chi connectivity index (χ0n) is 17.1. The van der Waals surface area contributed by atoms with Crippen LogP contribution in [0.4, 0.5) is 0 Å². The topological polar surface area (TPSA) is 52.7 Å². The van der Waals surface area contributed by atoms with Gasteiger partial charge >= 0.3 is 0 Å². The molecular formula is C24H29N3O2. The van der Waals surface area contributed by atoms with Crippen molar-refractivity contribution in [1.82, 2.24) is 15.1 Å². The van der Waals surface area contributed by atoms with Crippen molar-refractivity contribution < 1.29 is 9.59 Å². The highest BCUT2D eigenvalue weighted by atomic mass is 16.2. The van der Waals surface area contributed by atoms with E-state index in [4.69, 9.17) is 0 Å². The van der Waals surface area contributed by atoms with E-state index >= 15 is 0 Å². The molecule has 0 radical (unpaired) electrons. The van der Waals surface area contributed by atoms with Crippen LogP contribution in [0.2, 0.25) is 0 Å². The summed E-state index contributed by atoms with van der Waals surface area (Å²) in [6.07, 6.45) is 2.78. The van der Waals surface area contributed by atoms with Crippen LogP contribution in [-0.2, 0) is 11.3 Å². The summed E-state index contributed by atoms with van der Waals surface area (Å²) >= 11 is 0. The maximum Gasteiger partial charge on any atom is 0.255 e. The van der Waals surface area contributed by atoms with Crippen LogP contribution >= 0.6 is 0 Å². The monoisotopic (exact) mass is 391 g/mol. The van der Waals surface area contributed by atoms with Gasteiger partial charge in [-0.1, -0.05) is 48.0 Å². The standard InChI is InChI=1S/C24H29N3O2/c1-18-8-10-19(11-9-18)22(16-23(28)25-12-15-26-13-4-5-14-26)27-17-20-6-2-3-7-21(20)24(27)29/h2-3,6-11,22H,4-5,12-17H2,1H3,(H,25,28). The fourth-order valence-corrected chi connectivity index (χ4v) is 4.33. The molecule has 0 spiro atoms. The van der Waals surface area contributed by atoms with Crippen LogP contribution in [0.1, 0.15) is 52.4 Å². The Labute approximate surface area is 172 Å². The lowest BCUT2D eigenvalue weighted by molar-refractivity contribution is -0.122. The maximum absolute atomic E-state index is 13.0. The number of rotatable bonds is 7. The lowest BCUT2D eigenvalue weighted by Crippen LogP contribution is -2.37. The van der Waals surface area contributed by atoms with Crippen LogP contribution < -0.4 is 5.32 Å². The molecule has 1 unspecified atom stereocenters. The van der Waals surface area contributed by atoms with Crippen molar-refractivity contribution in [2.24, 2.45) is 0 Å². The summed E-state index contributed by atoms with van der Waals surface area (Å²) < 4.78 is 0. The van der Waals surface area contributed by atoms with E-state index in [0.717, 1.165) is 36.3 Å². The van der Waals surface area contributed by atoms with Crippen molar-refractivity contribution in [3.63, 3.8) is 0 Å². The van der Waals surface area contributed by atoms with E-state index in [2.05, 4.69) is 10.2 Å². The Morgan fingerprint density at radius 2 is 1.79 bits per heavy atom. The molecule has 0 aliphatic carbocycles. The third-order valence-corrected chi connectivity index (χ3v) is 6.02. The molecule has 0 bridgehead atoms. The molecule has 29 heavy (non-hydrogen) atoms. The molecular weight excluding hydrogens is 362 g/mol. The quantitative estimate of drug-likeness (QED) is 0.788. The summed E-state index contributed by atoms with van der Waals surface area (Å²) in [6, 6.07) is 15.6.